The number of carbonyl (C=O) groups excluding carboxylic acids is 4. The predicted molar refractivity (Wildman–Crippen MR) is 126 cm³/mol. The van der Waals surface area contributed by atoms with Crippen molar-refractivity contribution >= 4 is 40.8 Å². The highest BCUT2D eigenvalue weighted by Crippen LogP contribution is 2.36. The lowest BCUT2D eigenvalue weighted by atomic mass is 9.97. The van der Waals surface area contributed by atoms with Crippen molar-refractivity contribution in [3.8, 4) is 0 Å². The molecule has 1 fully saturated rings. The number of aromatic nitrogens is 4. The Labute approximate surface area is 211 Å². The molecule has 13 nitrogen and oxygen atoms in total. The van der Waals surface area contributed by atoms with Crippen LogP contribution in [0.4, 0.5) is 5.82 Å². The monoisotopic (exact) mass is 511 g/mol. The van der Waals surface area contributed by atoms with Crippen LogP contribution in [-0.2, 0) is 33.3 Å². The Morgan fingerprint density at radius 1 is 0.865 bits per heavy atom. The van der Waals surface area contributed by atoms with Crippen LogP contribution < -0.4 is 5.32 Å². The van der Waals surface area contributed by atoms with Gasteiger partial charge in [-0.1, -0.05) is 18.2 Å². The van der Waals surface area contributed by atoms with Gasteiger partial charge >= 0.3 is 17.9 Å². The Bertz CT molecular complexity index is 1330. The summed E-state index contributed by atoms with van der Waals surface area (Å²) < 4.78 is 23.9. The first kappa shape index (κ1) is 25.7. The topological polar surface area (TPSA) is 161 Å². The average molecular weight is 511 g/mol. The fraction of sp³-hybridized carbons (Fsp3) is 0.375. The molecule has 13 heteroatoms. The summed E-state index contributed by atoms with van der Waals surface area (Å²) in [6, 6.07) is 8.57. The first-order chi connectivity index (χ1) is 17.7. The molecule has 5 atom stereocenters. The second-order valence-electron chi connectivity index (χ2n) is 8.32. The molecule has 0 spiro atoms. The van der Waals surface area contributed by atoms with E-state index in [2.05, 4.69) is 20.3 Å². The molecule has 0 unspecified atom stereocenters. The third-order valence-electron chi connectivity index (χ3n) is 5.55. The molecule has 0 saturated carbocycles. The number of amides is 1. The summed E-state index contributed by atoms with van der Waals surface area (Å²) in [6.45, 7) is 5.20. The van der Waals surface area contributed by atoms with Gasteiger partial charge in [-0.05, 0) is 19.1 Å². The van der Waals surface area contributed by atoms with Gasteiger partial charge in [0, 0.05) is 26.3 Å². The Kier molecular flexibility index (Phi) is 7.43. The van der Waals surface area contributed by atoms with Gasteiger partial charge in [-0.15, -0.1) is 0 Å². The standard InChI is InChI=1S/C24H25N5O8/c1-12-18(35-13(2)30)19(36-14(3)31)20(37-15(4)32)24(34-12)29-11-27-17-21(25-10-26-22(17)29)28-23(33)16-8-6-5-7-9-16/h5-12,18-20,24H,1-4H3,(H,25,26,28,33)/t12-,18+,19-,20-,24+/m0/s1. The third kappa shape index (κ3) is 5.56. The zero-order chi connectivity index (χ0) is 26.7. The molecule has 1 amide bonds. The van der Waals surface area contributed by atoms with E-state index in [0.29, 0.717) is 5.56 Å². The number of ether oxygens (including phenoxy) is 4. The number of nitrogens with zero attached hydrogens (tertiary/aromatic N) is 4. The van der Waals surface area contributed by atoms with Gasteiger partial charge < -0.3 is 24.3 Å². The van der Waals surface area contributed by atoms with Crippen molar-refractivity contribution in [2.24, 2.45) is 0 Å². The van der Waals surface area contributed by atoms with Crippen molar-refractivity contribution in [1.82, 2.24) is 19.5 Å². The number of rotatable bonds is 6. The Balaban J connectivity index is 1.73. The lowest BCUT2D eigenvalue weighted by molar-refractivity contribution is -0.259. The van der Waals surface area contributed by atoms with Crippen LogP contribution in [0.2, 0.25) is 0 Å². The van der Waals surface area contributed by atoms with E-state index >= 15 is 0 Å². The Morgan fingerprint density at radius 3 is 2.14 bits per heavy atom. The summed E-state index contributed by atoms with van der Waals surface area (Å²) in [5.41, 5.74) is 0.921. The zero-order valence-corrected chi connectivity index (χ0v) is 20.5. The molecule has 0 bridgehead atoms. The largest absolute Gasteiger partial charge is 0.456 e. The molecule has 0 radical (unpaired) electrons. The van der Waals surface area contributed by atoms with Crippen LogP contribution in [0.15, 0.2) is 43.0 Å². The van der Waals surface area contributed by atoms with E-state index in [1.165, 1.54) is 38.0 Å². The molecule has 37 heavy (non-hydrogen) atoms. The highest BCUT2D eigenvalue weighted by atomic mass is 16.7. The molecule has 1 saturated heterocycles. The summed E-state index contributed by atoms with van der Waals surface area (Å²) in [6.07, 6.45) is -2.70. The van der Waals surface area contributed by atoms with Crippen molar-refractivity contribution in [2.45, 2.75) is 58.3 Å². The van der Waals surface area contributed by atoms with E-state index < -0.39 is 54.5 Å². The van der Waals surface area contributed by atoms with Gasteiger partial charge in [0.2, 0.25) is 0 Å². The molecule has 3 heterocycles. The Morgan fingerprint density at radius 2 is 1.49 bits per heavy atom. The SMILES string of the molecule is CC(=O)O[C@H]1[C@H](OC(C)=O)[C@H](C)O[C@@H](n2cnc3c(NC(=O)c4ccccc4)ncnc32)[C@H]1OC(C)=O. The molecular weight excluding hydrogens is 486 g/mol. The van der Waals surface area contributed by atoms with E-state index in [0.717, 1.165) is 0 Å². The molecule has 1 aliphatic rings. The van der Waals surface area contributed by atoms with Crippen molar-refractivity contribution in [3.05, 3.63) is 48.5 Å². The van der Waals surface area contributed by atoms with Crippen molar-refractivity contribution in [2.75, 3.05) is 5.32 Å². The fourth-order valence-corrected chi connectivity index (χ4v) is 4.11. The lowest BCUT2D eigenvalue weighted by Gasteiger charge is -2.43. The number of nitrogens with one attached hydrogen (secondary N) is 1. The maximum absolute atomic E-state index is 12.7. The predicted octanol–water partition coefficient (Wildman–Crippen LogP) is 1.79. The molecule has 194 valence electrons. The molecular formula is C24H25N5O8. The normalized spacial score (nSPS) is 23.2. The van der Waals surface area contributed by atoms with Crippen LogP contribution in [0.3, 0.4) is 0 Å². The van der Waals surface area contributed by atoms with Gasteiger partial charge in [0.25, 0.3) is 5.91 Å². The van der Waals surface area contributed by atoms with Gasteiger partial charge in [0.1, 0.15) is 6.33 Å². The number of hydrogen-bond acceptors (Lipinski definition) is 11. The van der Waals surface area contributed by atoms with Gasteiger partial charge in [-0.2, -0.15) is 0 Å². The number of fused-ring (bicyclic) bond motifs is 1. The van der Waals surface area contributed by atoms with Crippen LogP contribution in [0.25, 0.3) is 11.2 Å². The first-order valence-corrected chi connectivity index (χ1v) is 11.4. The molecule has 1 aliphatic heterocycles. The van der Waals surface area contributed by atoms with Crippen molar-refractivity contribution in [3.63, 3.8) is 0 Å². The molecule has 3 aromatic rings. The lowest BCUT2D eigenvalue weighted by Crippen LogP contribution is -2.58. The zero-order valence-electron chi connectivity index (χ0n) is 20.5. The average Bonchev–Trinajstić information content (AvgIpc) is 3.28. The third-order valence-corrected chi connectivity index (χ3v) is 5.55. The number of esters is 3. The summed E-state index contributed by atoms with van der Waals surface area (Å²) in [5.74, 6) is -2.22. The molecule has 1 aromatic carbocycles. The molecule has 1 N–H and O–H groups in total. The van der Waals surface area contributed by atoms with Crippen LogP contribution in [0.5, 0.6) is 0 Å². The minimum Gasteiger partial charge on any atom is -0.456 e. The molecule has 2 aromatic heterocycles. The maximum Gasteiger partial charge on any atom is 0.303 e. The van der Waals surface area contributed by atoms with Gasteiger partial charge in [-0.3, -0.25) is 23.7 Å². The molecule has 0 aliphatic carbocycles. The smallest absolute Gasteiger partial charge is 0.303 e. The van der Waals surface area contributed by atoms with Gasteiger partial charge in [-0.25, -0.2) is 15.0 Å². The highest BCUT2D eigenvalue weighted by Gasteiger charge is 2.51. The van der Waals surface area contributed by atoms with Crippen LogP contribution in [0, 0.1) is 0 Å². The number of hydrogen-bond donors (Lipinski definition) is 1. The minimum atomic E-state index is -1.23. The van der Waals surface area contributed by atoms with E-state index in [1.807, 2.05) is 0 Å². The van der Waals surface area contributed by atoms with E-state index in [9.17, 15) is 19.2 Å². The van der Waals surface area contributed by atoms with E-state index in [-0.39, 0.29) is 17.0 Å². The van der Waals surface area contributed by atoms with Crippen LogP contribution in [0.1, 0.15) is 44.3 Å². The maximum atomic E-state index is 12.7. The van der Waals surface area contributed by atoms with Crippen molar-refractivity contribution in [1.29, 1.82) is 0 Å². The first-order valence-electron chi connectivity index (χ1n) is 11.4. The second kappa shape index (κ2) is 10.7. The Hall–Kier alpha value is -4.39. The summed E-state index contributed by atoms with van der Waals surface area (Å²) in [7, 11) is 0. The quantitative estimate of drug-likeness (QED) is 0.379. The number of anilines is 1. The number of benzene rings is 1. The molecule has 4 rings (SSSR count). The van der Waals surface area contributed by atoms with E-state index in [1.54, 1.807) is 37.3 Å². The summed E-state index contributed by atoms with van der Waals surface area (Å²) in [5, 5.41) is 2.71. The van der Waals surface area contributed by atoms with Gasteiger partial charge in [0.05, 0.1) is 12.4 Å². The number of imidazole rings is 1. The van der Waals surface area contributed by atoms with Gasteiger partial charge in [0.15, 0.2) is 41.5 Å². The van der Waals surface area contributed by atoms with Crippen LogP contribution in [-0.4, -0.2) is 67.7 Å². The summed E-state index contributed by atoms with van der Waals surface area (Å²) >= 11 is 0. The second-order valence-corrected chi connectivity index (χ2v) is 8.32. The fourth-order valence-electron chi connectivity index (χ4n) is 4.11. The summed E-state index contributed by atoms with van der Waals surface area (Å²) in [4.78, 5) is 61.1. The van der Waals surface area contributed by atoms with Crippen LogP contribution >= 0.6 is 0 Å². The van der Waals surface area contributed by atoms with E-state index in [4.69, 9.17) is 18.9 Å². The minimum absolute atomic E-state index is 0.153. The number of carbonyl (C=O) groups is 4. The van der Waals surface area contributed by atoms with Crippen molar-refractivity contribution < 1.29 is 38.1 Å². The highest BCUT2D eigenvalue weighted by molar-refractivity contribution is 6.06.